The largest absolute Gasteiger partial charge is 0.480 e. The second kappa shape index (κ2) is 5.23. The van der Waals surface area contributed by atoms with Gasteiger partial charge in [0.1, 0.15) is 6.54 Å². The van der Waals surface area contributed by atoms with E-state index < -0.39 is 34.4 Å². The van der Waals surface area contributed by atoms with Crippen LogP contribution in [0.25, 0.3) is 0 Å². The summed E-state index contributed by atoms with van der Waals surface area (Å²) in [6, 6.07) is -1.02. The zero-order chi connectivity index (χ0) is 15.0. The summed E-state index contributed by atoms with van der Waals surface area (Å²) in [5, 5.41) is 11.8. The molecule has 2 aliphatic rings. The molecule has 2 rings (SSSR count). The van der Waals surface area contributed by atoms with E-state index in [1.165, 1.54) is 0 Å². The lowest BCUT2D eigenvalue weighted by atomic mass is 9.79. The van der Waals surface area contributed by atoms with E-state index in [2.05, 4.69) is 5.32 Å². The second-order valence-corrected chi connectivity index (χ2v) is 8.15. The minimum atomic E-state index is -3.16. The van der Waals surface area contributed by atoms with Gasteiger partial charge in [0.15, 0.2) is 9.84 Å². The highest BCUT2D eigenvalue weighted by Crippen LogP contribution is 2.31. The topological polar surface area (TPSA) is 104 Å². The van der Waals surface area contributed by atoms with E-state index in [1.54, 1.807) is 0 Å². The van der Waals surface area contributed by atoms with E-state index in [0.29, 0.717) is 6.42 Å². The molecule has 2 N–H and O–H groups in total. The molecule has 1 saturated heterocycles. The van der Waals surface area contributed by atoms with Gasteiger partial charge in [-0.15, -0.1) is 0 Å². The molecule has 0 bridgehead atoms. The highest BCUT2D eigenvalue weighted by Gasteiger charge is 2.39. The van der Waals surface area contributed by atoms with Gasteiger partial charge < -0.3 is 15.3 Å². The molecule has 20 heavy (non-hydrogen) atoms. The van der Waals surface area contributed by atoms with Gasteiger partial charge >= 0.3 is 12.0 Å². The first-order valence-electron chi connectivity index (χ1n) is 6.72. The quantitative estimate of drug-likeness (QED) is 0.773. The lowest BCUT2D eigenvalue weighted by molar-refractivity contribution is -0.138. The van der Waals surface area contributed by atoms with Crippen LogP contribution in [-0.4, -0.2) is 60.1 Å². The molecule has 1 heterocycles. The highest BCUT2D eigenvalue weighted by atomic mass is 32.2. The second-order valence-electron chi connectivity index (χ2n) is 5.92. The van der Waals surface area contributed by atoms with Crippen LogP contribution in [0.3, 0.4) is 0 Å². The molecule has 1 aliphatic heterocycles. The number of carboxylic acid groups (broad SMARTS) is 1. The minimum absolute atomic E-state index is 0.0122. The fourth-order valence-electron chi connectivity index (χ4n) is 2.70. The van der Waals surface area contributed by atoms with Crippen LogP contribution in [0.4, 0.5) is 4.79 Å². The molecule has 2 fully saturated rings. The van der Waals surface area contributed by atoms with E-state index in [0.717, 1.165) is 24.2 Å². The lowest BCUT2D eigenvalue weighted by Crippen LogP contribution is -2.58. The first kappa shape index (κ1) is 15.1. The van der Waals surface area contributed by atoms with Crippen molar-refractivity contribution < 1.29 is 23.1 Å². The van der Waals surface area contributed by atoms with Crippen LogP contribution < -0.4 is 5.32 Å². The third kappa shape index (κ3) is 3.41. The fourth-order valence-corrected chi connectivity index (χ4v) is 4.43. The number of aliphatic carboxylic acids is 1. The third-order valence-electron chi connectivity index (χ3n) is 4.08. The number of rotatable bonds is 4. The Labute approximate surface area is 118 Å². The Hall–Kier alpha value is -1.31. The van der Waals surface area contributed by atoms with Crippen molar-refractivity contribution in [2.75, 3.05) is 18.1 Å². The van der Waals surface area contributed by atoms with Crippen molar-refractivity contribution in [1.29, 1.82) is 0 Å². The number of nitrogens with zero attached hydrogens (tertiary/aromatic N) is 1. The monoisotopic (exact) mass is 304 g/mol. The maximum Gasteiger partial charge on any atom is 0.323 e. The van der Waals surface area contributed by atoms with Gasteiger partial charge in [-0.1, -0.05) is 0 Å². The van der Waals surface area contributed by atoms with Crippen molar-refractivity contribution in [3.8, 4) is 0 Å². The Morgan fingerprint density at radius 1 is 1.40 bits per heavy atom. The summed E-state index contributed by atoms with van der Waals surface area (Å²) < 4.78 is 23.0. The lowest BCUT2D eigenvalue weighted by Gasteiger charge is -2.41. The van der Waals surface area contributed by atoms with E-state index in [9.17, 15) is 18.0 Å². The van der Waals surface area contributed by atoms with Crippen LogP contribution in [0.15, 0.2) is 0 Å². The molecular weight excluding hydrogens is 284 g/mol. The van der Waals surface area contributed by atoms with E-state index in [4.69, 9.17) is 5.11 Å². The van der Waals surface area contributed by atoms with Crippen LogP contribution in [-0.2, 0) is 14.6 Å². The fraction of sp³-hybridized carbons (Fsp3) is 0.833. The SMILES string of the molecule is CC1(NC(=O)N(CC(=O)O)C2CCS(=O)(=O)C2)CCC1. The average molecular weight is 304 g/mol. The Bertz CT molecular complexity index is 512. The Kier molecular flexibility index (Phi) is 3.95. The van der Waals surface area contributed by atoms with Gasteiger partial charge in [0.2, 0.25) is 0 Å². The standard InChI is InChI=1S/C12H20N2O5S/c1-12(4-2-5-12)13-11(17)14(7-10(15)16)9-3-6-20(18,19)8-9/h9H,2-8H2,1H3,(H,13,17)(H,15,16). The van der Waals surface area contributed by atoms with E-state index >= 15 is 0 Å². The number of carbonyl (C=O) groups is 2. The van der Waals surface area contributed by atoms with Crippen LogP contribution in [0.5, 0.6) is 0 Å². The third-order valence-corrected chi connectivity index (χ3v) is 5.83. The smallest absolute Gasteiger partial charge is 0.323 e. The van der Waals surface area contributed by atoms with Crippen molar-refractivity contribution >= 4 is 21.8 Å². The number of amides is 2. The first-order valence-corrected chi connectivity index (χ1v) is 8.54. The van der Waals surface area contributed by atoms with Gasteiger partial charge in [-0.3, -0.25) is 4.79 Å². The molecule has 7 nitrogen and oxygen atoms in total. The van der Waals surface area contributed by atoms with Gasteiger partial charge in [-0.05, 0) is 32.6 Å². The number of urea groups is 1. The molecule has 114 valence electrons. The molecule has 1 saturated carbocycles. The average Bonchev–Trinajstić information content (AvgIpc) is 2.64. The Morgan fingerprint density at radius 3 is 2.45 bits per heavy atom. The predicted octanol–water partition coefficient (Wildman–Crippen LogP) is 0.212. The first-order chi connectivity index (χ1) is 9.21. The summed E-state index contributed by atoms with van der Waals surface area (Å²) in [5.74, 6) is -1.27. The number of nitrogens with one attached hydrogen (secondary N) is 1. The molecule has 0 aromatic heterocycles. The summed E-state index contributed by atoms with van der Waals surface area (Å²) in [4.78, 5) is 24.3. The van der Waals surface area contributed by atoms with Crippen molar-refractivity contribution in [1.82, 2.24) is 10.2 Å². The molecule has 8 heteroatoms. The summed E-state index contributed by atoms with van der Waals surface area (Å²) >= 11 is 0. The molecule has 0 spiro atoms. The number of hydrogen-bond donors (Lipinski definition) is 2. The zero-order valence-corrected chi connectivity index (χ0v) is 12.3. The number of sulfone groups is 1. The minimum Gasteiger partial charge on any atom is -0.480 e. The van der Waals surface area contributed by atoms with Crippen molar-refractivity contribution in [2.24, 2.45) is 0 Å². The zero-order valence-electron chi connectivity index (χ0n) is 11.5. The van der Waals surface area contributed by atoms with Crippen molar-refractivity contribution in [2.45, 2.75) is 44.2 Å². The molecule has 0 aromatic carbocycles. The summed E-state index contributed by atoms with van der Waals surface area (Å²) in [6.45, 7) is 1.45. The Morgan fingerprint density at radius 2 is 2.05 bits per heavy atom. The normalized spacial score (nSPS) is 26.6. The molecule has 1 atom stereocenters. The summed E-state index contributed by atoms with van der Waals surface area (Å²) in [5.41, 5.74) is -0.286. The van der Waals surface area contributed by atoms with Gasteiger partial charge in [-0.25, -0.2) is 13.2 Å². The van der Waals surface area contributed by atoms with E-state index in [-0.39, 0.29) is 17.0 Å². The number of carbonyl (C=O) groups excluding carboxylic acids is 1. The maximum atomic E-state index is 12.2. The number of hydrogen-bond acceptors (Lipinski definition) is 4. The van der Waals surface area contributed by atoms with Crippen LogP contribution in [0.1, 0.15) is 32.6 Å². The molecule has 1 unspecified atom stereocenters. The van der Waals surface area contributed by atoms with Gasteiger partial charge in [-0.2, -0.15) is 0 Å². The van der Waals surface area contributed by atoms with Gasteiger partial charge in [0.25, 0.3) is 0 Å². The van der Waals surface area contributed by atoms with Crippen LogP contribution >= 0.6 is 0 Å². The van der Waals surface area contributed by atoms with Crippen LogP contribution in [0, 0.1) is 0 Å². The van der Waals surface area contributed by atoms with Gasteiger partial charge in [0.05, 0.1) is 11.5 Å². The molecule has 0 aromatic rings. The van der Waals surface area contributed by atoms with Crippen molar-refractivity contribution in [3.05, 3.63) is 0 Å². The summed E-state index contributed by atoms with van der Waals surface area (Å²) in [6.07, 6.45) is 3.07. The van der Waals surface area contributed by atoms with Crippen LogP contribution in [0.2, 0.25) is 0 Å². The molecule has 2 amide bonds. The highest BCUT2D eigenvalue weighted by molar-refractivity contribution is 7.91. The molecule has 0 radical (unpaired) electrons. The van der Waals surface area contributed by atoms with E-state index in [1.807, 2.05) is 6.92 Å². The van der Waals surface area contributed by atoms with Gasteiger partial charge in [0, 0.05) is 11.6 Å². The summed E-state index contributed by atoms with van der Waals surface area (Å²) in [7, 11) is -3.16. The molecular formula is C12H20N2O5S. The predicted molar refractivity (Wildman–Crippen MR) is 72.2 cm³/mol. The molecule has 1 aliphatic carbocycles. The number of carboxylic acids is 1. The Balaban J connectivity index is 2.07. The van der Waals surface area contributed by atoms with Crippen molar-refractivity contribution in [3.63, 3.8) is 0 Å². The maximum absolute atomic E-state index is 12.2.